The van der Waals surface area contributed by atoms with Crippen molar-refractivity contribution in [2.45, 2.75) is 75.2 Å². The minimum absolute atomic E-state index is 0.0265. The number of aliphatic hydroxyl groups is 1. The van der Waals surface area contributed by atoms with Crippen LogP contribution in [0.2, 0.25) is 5.02 Å². The van der Waals surface area contributed by atoms with Crippen LogP contribution in [0.4, 0.5) is 24.0 Å². The van der Waals surface area contributed by atoms with E-state index in [9.17, 15) is 14.8 Å². The molecule has 3 saturated heterocycles. The molecule has 14 heteroatoms. The van der Waals surface area contributed by atoms with E-state index in [1.54, 1.807) is 0 Å². The number of anilines is 2. The van der Waals surface area contributed by atoms with E-state index >= 15 is 8.78 Å². The van der Waals surface area contributed by atoms with Crippen molar-refractivity contribution in [1.29, 1.82) is 5.26 Å². The number of aromatic nitrogens is 2. The Kier molecular flexibility index (Phi) is 7.60. The first-order valence-corrected chi connectivity index (χ1v) is 17.5. The molecule has 0 spiro atoms. The molecule has 0 bridgehead atoms. The molecule has 4 aromatic rings. The van der Waals surface area contributed by atoms with E-state index < -0.39 is 28.9 Å². The molecule has 2 aromatic heterocycles. The fourth-order valence-electron chi connectivity index (χ4n) is 8.40. The van der Waals surface area contributed by atoms with Gasteiger partial charge >= 0.3 is 6.01 Å². The predicted molar refractivity (Wildman–Crippen MR) is 179 cm³/mol. The Bertz CT molecular complexity index is 2020. The summed E-state index contributed by atoms with van der Waals surface area (Å²) in [6.45, 7) is 3.84. The highest BCUT2D eigenvalue weighted by Crippen LogP contribution is 2.51. The van der Waals surface area contributed by atoms with Crippen LogP contribution in [0, 0.1) is 23.0 Å². The third kappa shape index (κ3) is 4.94. The van der Waals surface area contributed by atoms with E-state index in [-0.39, 0.29) is 78.7 Å². The second-order valence-corrected chi connectivity index (χ2v) is 15.2. The van der Waals surface area contributed by atoms with Gasteiger partial charge in [0.15, 0.2) is 11.6 Å². The molecule has 252 valence electrons. The number of thiophene rings is 1. The van der Waals surface area contributed by atoms with Gasteiger partial charge < -0.3 is 25.2 Å². The van der Waals surface area contributed by atoms with Crippen molar-refractivity contribution < 1.29 is 27.8 Å². The van der Waals surface area contributed by atoms with Crippen LogP contribution >= 0.6 is 22.9 Å². The molecule has 0 amide bonds. The molecule has 0 radical (unpaired) electrons. The Morgan fingerprint density at radius 3 is 2.83 bits per heavy atom. The maximum Gasteiger partial charge on any atom is 0.319 e. The van der Waals surface area contributed by atoms with Gasteiger partial charge in [0.1, 0.15) is 41.0 Å². The van der Waals surface area contributed by atoms with Crippen LogP contribution in [0.1, 0.15) is 57.4 Å². The number of fused-ring (bicyclic) bond motifs is 4. The number of ether oxygens (including phenoxy) is 2. The van der Waals surface area contributed by atoms with E-state index in [4.69, 9.17) is 31.8 Å². The minimum atomic E-state index is -0.954. The van der Waals surface area contributed by atoms with Crippen LogP contribution < -0.4 is 20.1 Å². The summed E-state index contributed by atoms with van der Waals surface area (Å²) in [5.74, 6) is -0.880. The van der Waals surface area contributed by atoms with Crippen molar-refractivity contribution >= 4 is 54.7 Å². The Balaban J connectivity index is 1.36. The number of rotatable bonds is 4. The van der Waals surface area contributed by atoms with Gasteiger partial charge in [-0.15, -0.1) is 11.3 Å². The van der Waals surface area contributed by atoms with Gasteiger partial charge in [0.25, 0.3) is 0 Å². The van der Waals surface area contributed by atoms with E-state index in [0.717, 1.165) is 30.7 Å². The topological polar surface area (TPSA) is 121 Å². The number of nitrogen functional groups attached to an aromatic ring is 1. The lowest BCUT2D eigenvalue weighted by molar-refractivity contribution is 0.0384. The molecule has 3 fully saturated rings. The maximum absolute atomic E-state index is 17.2. The SMILES string of the molecule is CC1(O)CCCN2c3nc(OC[C@@]45CCCN4C[C@H](F)C5)nc4c(F)c(-c5ccc(F)c6sc(N)c(C#N)c56)c(Cl)c(c34)OCCC2C1. The number of alkyl halides is 1. The van der Waals surface area contributed by atoms with Crippen molar-refractivity contribution in [3.63, 3.8) is 0 Å². The fourth-order valence-corrected chi connectivity index (χ4v) is 9.69. The Morgan fingerprint density at radius 2 is 2.02 bits per heavy atom. The molecule has 8 rings (SSSR count). The number of hydrogen-bond donors (Lipinski definition) is 2. The van der Waals surface area contributed by atoms with Gasteiger partial charge in [-0.2, -0.15) is 15.2 Å². The molecule has 4 aliphatic rings. The Morgan fingerprint density at radius 1 is 1.21 bits per heavy atom. The molecule has 6 heterocycles. The maximum atomic E-state index is 17.2. The van der Waals surface area contributed by atoms with Crippen molar-refractivity contribution in [3.8, 4) is 29.0 Å². The van der Waals surface area contributed by atoms with Gasteiger partial charge in [-0.25, -0.2) is 13.2 Å². The zero-order valence-electron chi connectivity index (χ0n) is 26.3. The van der Waals surface area contributed by atoms with Crippen LogP contribution in [0.25, 0.3) is 32.1 Å². The molecule has 48 heavy (non-hydrogen) atoms. The highest BCUT2D eigenvalue weighted by Gasteiger charge is 2.49. The van der Waals surface area contributed by atoms with Crippen LogP contribution in [0.15, 0.2) is 12.1 Å². The summed E-state index contributed by atoms with van der Waals surface area (Å²) in [6, 6.07) is 4.35. The lowest BCUT2D eigenvalue weighted by Crippen LogP contribution is -2.43. The summed E-state index contributed by atoms with van der Waals surface area (Å²) >= 11 is 7.97. The number of nitriles is 1. The monoisotopic (exact) mass is 698 g/mol. The largest absolute Gasteiger partial charge is 0.491 e. The quantitative estimate of drug-likeness (QED) is 0.239. The lowest BCUT2D eigenvalue weighted by Gasteiger charge is -2.36. The molecule has 9 nitrogen and oxygen atoms in total. The average Bonchev–Trinajstić information content (AvgIpc) is 3.65. The molecule has 4 aliphatic heterocycles. The van der Waals surface area contributed by atoms with Crippen molar-refractivity contribution in [1.82, 2.24) is 14.9 Å². The second kappa shape index (κ2) is 11.5. The van der Waals surface area contributed by atoms with E-state index in [2.05, 4.69) is 14.8 Å². The molecule has 2 unspecified atom stereocenters. The highest BCUT2D eigenvalue weighted by molar-refractivity contribution is 7.23. The number of nitrogens with two attached hydrogens (primary N) is 1. The lowest BCUT2D eigenvalue weighted by atomic mass is 9.92. The van der Waals surface area contributed by atoms with Crippen LogP contribution in [0.3, 0.4) is 0 Å². The smallest absolute Gasteiger partial charge is 0.319 e. The molecule has 2 aromatic carbocycles. The van der Waals surface area contributed by atoms with Crippen molar-refractivity contribution in [2.24, 2.45) is 0 Å². The number of nitrogens with zero attached hydrogens (tertiary/aromatic N) is 5. The molecule has 0 aliphatic carbocycles. The third-order valence-corrected chi connectivity index (χ3v) is 12.0. The Hall–Kier alpha value is -3.57. The van der Waals surface area contributed by atoms with E-state index in [1.807, 2.05) is 13.0 Å². The zero-order valence-corrected chi connectivity index (χ0v) is 27.9. The molecular weight excluding hydrogens is 665 g/mol. The summed E-state index contributed by atoms with van der Waals surface area (Å²) in [5, 5.41) is 21.5. The second-order valence-electron chi connectivity index (χ2n) is 13.8. The number of benzene rings is 2. The summed E-state index contributed by atoms with van der Waals surface area (Å²) in [6.07, 6.45) is 3.30. The van der Waals surface area contributed by atoms with Crippen LogP contribution in [-0.4, -0.2) is 76.2 Å². The molecule has 3 N–H and O–H groups in total. The first-order valence-electron chi connectivity index (χ1n) is 16.3. The number of hydrogen-bond acceptors (Lipinski definition) is 10. The predicted octanol–water partition coefficient (Wildman–Crippen LogP) is 6.74. The van der Waals surface area contributed by atoms with Gasteiger partial charge in [-0.1, -0.05) is 17.7 Å². The highest BCUT2D eigenvalue weighted by atomic mass is 35.5. The van der Waals surface area contributed by atoms with Crippen molar-refractivity contribution in [3.05, 3.63) is 34.4 Å². The average molecular weight is 699 g/mol. The van der Waals surface area contributed by atoms with Crippen molar-refractivity contribution in [2.75, 3.05) is 43.5 Å². The summed E-state index contributed by atoms with van der Waals surface area (Å²) in [4.78, 5) is 13.7. The third-order valence-electron chi connectivity index (χ3n) is 10.6. The van der Waals surface area contributed by atoms with E-state index in [1.165, 1.54) is 12.1 Å². The first-order chi connectivity index (χ1) is 23.0. The van der Waals surface area contributed by atoms with Crippen LogP contribution in [-0.2, 0) is 0 Å². The van der Waals surface area contributed by atoms with Gasteiger partial charge in [0, 0.05) is 42.9 Å². The fraction of sp³-hybridized carbons (Fsp3) is 0.500. The van der Waals surface area contributed by atoms with E-state index in [0.29, 0.717) is 51.0 Å². The normalized spacial score (nSPS) is 27.2. The number of halogens is 4. The van der Waals surface area contributed by atoms with Gasteiger partial charge in [-0.05, 0) is 57.2 Å². The van der Waals surface area contributed by atoms with Crippen LogP contribution in [0.5, 0.6) is 11.8 Å². The standard InChI is InChI=1S/C34H34ClF3N6O3S/c1-33(45)7-2-10-44-18(13-33)6-11-46-28-24-27(41-32(42-31(24)44)47-16-34-8-3-9-43(34)15-17(36)12-34)26(38)23(25(28)35)19-4-5-21(37)29-22(19)20(14-39)30(40)48-29/h4-5,17-18,45H,2-3,6-13,15-16,40H2,1H3/t17-,18?,33?,34+/m1/s1. The Labute approximate surface area is 284 Å². The summed E-state index contributed by atoms with van der Waals surface area (Å²) in [7, 11) is 0. The van der Waals surface area contributed by atoms with Gasteiger partial charge in [0.05, 0.1) is 38.4 Å². The molecule has 0 saturated carbocycles. The van der Waals surface area contributed by atoms with Gasteiger partial charge in [-0.3, -0.25) is 4.90 Å². The minimum Gasteiger partial charge on any atom is -0.491 e. The van der Waals surface area contributed by atoms with Gasteiger partial charge in [0.2, 0.25) is 0 Å². The first kappa shape index (κ1) is 31.7. The molecule has 4 atom stereocenters. The summed E-state index contributed by atoms with van der Waals surface area (Å²) in [5.41, 5.74) is 4.68. The molecular formula is C34H34ClF3N6O3S. The summed E-state index contributed by atoms with van der Waals surface area (Å²) < 4.78 is 59.5. The zero-order chi connectivity index (χ0) is 33.5.